The second-order valence-electron chi connectivity index (χ2n) is 11.7. The zero-order chi connectivity index (χ0) is 36.1. The fraction of sp³-hybridized carbons (Fsp3) is 0.256. The lowest BCUT2D eigenvalue weighted by Gasteiger charge is -2.25. The van der Waals surface area contributed by atoms with Crippen molar-refractivity contribution in [2.75, 3.05) is 20.3 Å². The van der Waals surface area contributed by atoms with Gasteiger partial charge >= 0.3 is 11.9 Å². The van der Waals surface area contributed by atoms with Gasteiger partial charge in [0, 0.05) is 24.2 Å². The predicted octanol–water partition coefficient (Wildman–Crippen LogP) is 5.76. The van der Waals surface area contributed by atoms with Crippen molar-refractivity contribution >= 4 is 29.4 Å². The van der Waals surface area contributed by atoms with Gasteiger partial charge in [0.2, 0.25) is 0 Å². The topological polar surface area (TPSA) is 123 Å². The van der Waals surface area contributed by atoms with Crippen LogP contribution in [0.1, 0.15) is 57.7 Å². The molecule has 0 bridgehead atoms. The molecule has 0 saturated carbocycles. The van der Waals surface area contributed by atoms with E-state index in [0.717, 1.165) is 29.8 Å². The Kier molecular flexibility index (Phi) is 10.6. The van der Waals surface area contributed by atoms with Crippen LogP contribution < -0.4 is 29.1 Å². The number of hydrogen-bond donors (Lipinski definition) is 0. The first-order chi connectivity index (χ1) is 24.7. The van der Waals surface area contributed by atoms with Gasteiger partial charge in [0.15, 0.2) is 16.3 Å². The summed E-state index contributed by atoms with van der Waals surface area (Å²) in [6.45, 7) is 7.64. The average molecular weight is 707 g/mol. The molecular formula is C39H38N4O7S. The largest absolute Gasteiger partial charge is 0.494 e. The quantitative estimate of drug-likeness (QED) is 0.0912. The van der Waals surface area contributed by atoms with Crippen LogP contribution >= 0.6 is 11.3 Å². The Morgan fingerprint density at radius 1 is 1.00 bits per heavy atom. The fourth-order valence-corrected chi connectivity index (χ4v) is 6.85. The number of esters is 2. The maximum Gasteiger partial charge on any atom is 0.338 e. The lowest BCUT2D eigenvalue weighted by Crippen LogP contribution is -2.40. The Hall–Kier alpha value is -5.75. The van der Waals surface area contributed by atoms with E-state index in [1.54, 1.807) is 36.7 Å². The van der Waals surface area contributed by atoms with E-state index in [2.05, 4.69) is 6.92 Å². The summed E-state index contributed by atoms with van der Waals surface area (Å²) in [5, 5.41) is 4.94. The maximum atomic E-state index is 14.5. The van der Waals surface area contributed by atoms with Gasteiger partial charge in [0.25, 0.3) is 5.56 Å². The minimum atomic E-state index is -0.894. The van der Waals surface area contributed by atoms with Crippen molar-refractivity contribution in [2.24, 2.45) is 4.99 Å². The number of rotatable bonds is 12. The van der Waals surface area contributed by atoms with Crippen LogP contribution in [-0.2, 0) is 14.3 Å². The average Bonchev–Trinajstić information content (AvgIpc) is 3.68. The molecule has 1 aliphatic heterocycles. The molecule has 3 aromatic carbocycles. The highest BCUT2D eigenvalue weighted by Gasteiger charge is 2.34. The first-order valence-electron chi connectivity index (χ1n) is 16.7. The summed E-state index contributed by atoms with van der Waals surface area (Å²) >= 11 is 1.21. The molecule has 12 heteroatoms. The van der Waals surface area contributed by atoms with Gasteiger partial charge in [0.05, 0.1) is 47.9 Å². The van der Waals surface area contributed by atoms with E-state index in [1.165, 1.54) is 29.9 Å². The number of carbonyl (C=O) groups excluding carboxylic acids is 2. The van der Waals surface area contributed by atoms with Crippen LogP contribution in [0.15, 0.2) is 100 Å². The van der Waals surface area contributed by atoms with E-state index in [-0.39, 0.29) is 29.2 Å². The highest BCUT2D eigenvalue weighted by Crippen LogP contribution is 2.36. The summed E-state index contributed by atoms with van der Waals surface area (Å²) in [4.78, 5) is 44.7. The zero-order valence-electron chi connectivity index (χ0n) is 29.0. The minimum Gasteiger partial charge on any atom is -0.494 e. The van der Waals surface area contributed by atoms with Gasteiger partial charge in [-0.25, -0.2) is 14.5 Å². The SMILES string of the molecule is CCCCOc1ccc(-c2nn(-c3ccccc3)cc2C=c2sc3n(c2=O)C(c2ccc(OC(C)=O)c(OC)c2)C(C(=O)OCC)=C(C)N=3)cc1. The molecule has 0 N–H and O–H groups in total. The van der Waals surface area contributed by atoms with E-state index in [1.807, 2.05) is 66.9 Å². The lowest BCUT2D eigenvalue weighted by atomic mass is 9.95. The van der Waals surface area contributed by atoms with E-state index < -0.39 is 18.0 Å². The van der Waals surface area contributed by atoms with Crippen molar-refractivity contribution in [3.63, 3.8) is 0 Å². The molecule has 11 nitrogen and oxygen atoms in total. The van der Waals surface area contributed by atoms with E-state index in [9.17, 15) is 14.4 Å². The molecule has 0 amide bonds. The molecule has 0 radical (unpaired) electrons. The molecule has 0 spiro atoms. The molecule has 5 aromatic rings. The zero-order valence-corrected chi connectivity index (χ0v) is 29.9. The molecule has 51 heavy (non-hydrogen) atoms. The Morgan fingerprint density at radius 2 is 1.76 bits per heavy atom. The van der Waals surface area contributed by atoms with Crippen molar-refractivity contribution < 1.29 is 28.5 Å². The molecule has 1 aliphatic rings. The van der Waals surface area contributed by atoms with Crippen LogP contribution in [0.25, 0.3) is 23.0 Å². The number of aromatic nitrogens is 3. The summed E-state index contributed by atoms with van der Waals surface area (Å²) in [6.07, 6.45) is 5.71. The van der Waals surface area contributed by atoms with Crippen LogP contribution in [0.3, 0.4) is 0 Å². The summed E-state index contributed by atoms with van der Waals surface area (Å²) in [7, 11) is 1.45. The minimum absolute atomic E-state index is 0.140. The first kappa shape index (κ1) is 35.1. The van der Waals surface area contributed by atoms with Crippen molar-refractivity contribution in [2.45, 2.75) is 46.6 Å². The number of benzene rings is 3. The maximum absolute atomic E-state index is 14.5. The fourth-order valence-electron chi connectivity index (χ4n) is 5.82. The number of carbonyl (C=O) groups is 2. The molecule has 3 heterocycles. The summed E-state index contributed by atoms with van der Waals surface area (Å²) in [5.41, 5.74) is 3.95. The molecule has 1 atom stereocenters. The molecule has 0 aliphatic carbocycles. The number of hydrogen-bond acceptors (Lipinski definition) is 10. The Labute approximate surface area is 298 Å². The second kappa shape index (κ2) is 15.4. The van der Waals surface area contributed by atoms with Crippen molar-refractivity contribution in [3.8, 4) is 34.2 Å². The van der Waals surface area contributed by atoms with Crippen LogP contribution in [0.5, 0.6) is 17.2 Å². The van der Waals surface area contributed by atoms with Gasteiger partial charge in [-0.05, 0) is 80.4 Å². The number of methoxy groups -OCH3 is 1. The highest BCUT2D eigenvalue weighted by molar-refractivity contribution is 7.07. The van der Waals surface area contributed by atoms with Crippen molar-refractivity contribution in [3.05, 3.63) is 121 Å². The van der Waals surface area contributed by atoms with Gasteiger partial charge in [-0.1, -0.05) is 48.9 Å². The lowest BCUT2D eigenvalue weighted by molar-refractivity contribution is -0.139. The molecule has 262 valence electrons. The molecular weight excluding hydrogens is 669 g/mol. The first-order valence-corrected chi connectivity index (χ1v) is 17.5. The molecule has 6 rings (SSSR count). The van der Waals surface area contributed by atoms with Crippen LogP contribution in [0.4, 0.5) is 0 Å². The monoisotopic (exact) mass is 706 g/mol. The number of unbranched alkanes of at least 4 members (excludes halogenated alkanes) is 1. The van der Waals surface area contributed by atoms with Crippen molar-refractivity contribution in [1.29, 1.82) is 0 Å². The van der Waals surface area contributed by atoms with E-state index in [0.29, 0.717) is 38.5 Å². The van der Waals surface area contributed by atoms with Crippen LogP contribution in [-0.4, -0.2) is 46.6 Å². The van der Waals surface area contributed by atoms with E-state index in [4.69, 9.17) is 29.0 Å². The molecule has 0 saturated heterocycles. The third-order valence-corrected chi connectivity index (χ3v) is 9.20. The number of fused-ring (bicyclic) bond motifs is 1. The van der Waals surface area contributed by atoms with Gasteiger partial charge in [0.1, 0.15) is 11.4 Å². The number of ether oxygens (including phenoxy) is 4. The predicted molar refractivity (Wildman–Crippen MR) is 194 cm³/mol. The van der Waals surface area contributed by atoms with Gasteiger partial charge in [-0.15, -0.1) is 0 Å². The highest BCUT2D eigenvalue weighted by atomic mass is 32.1. The smallest absolute Gasteiger partial charge is 0.338 e. The molecule has 2 aromatic heterocycles. The number of para-hydroxylation sites is 1. The van der Waals surface area contributed by atoms with Gasteiger partial charge < -0.3 is 18.9 Å². The summed E-state index contributed by atoms with van der Waals surface area (Å²) in [6, 6.07) is 21.5. The van der Waals surface area contributed by atoms with Gasteiger partial charge in [-0.3, -0.25) is 14.2 Å². The number of nitrogens with zero attached hydrogens (tertiary/aromatic N) is 4. The van der Waals surface area contributed by atoms with Gasteiger partial charge in [-0.2, -0.15) is 5.10 Å². The Bertz CT molecular complexity index is 2290. The summed E-state index contributed by atoms with van der Waals surface area (Å²) < 4.78 is 25.9. The second-order valence-corrected chi connectivity index (χ2v) is 12.8. The van der Waals surface area contributed by atoms with Crippen molar-refractivity contribution in [1.82, 2.24) is 14.3 Å². The number of allylic oxidation sites excluding steroid dienone is 1. The third kappa shape index (κ3) is 7.41. The standard InChI is InChI=1S/C39H38N4O7S/c1-6-8-20-49-30-17-14-26(15-18-30)35-28(23-42(41-35)29-12-10-9-11-13-29)22-33-37(45)43-36(27-16-19-31(50-25(4)44)32(21-27)47-5)34(38(46)48-7-2)24(3)40-39(43)51-33/h9-19,21-23,36H,6-8,20H2,1-5H3. The Balaban J connectivity index is 1.51. The van der Waals surface area contributed by atoms with Crippen LogP contribution in [0.2, 0.25) is 0 Å². The van der Waals surface area contributed by atoms with Crippen LogP contribution in [0, 0.1) is 0 Å². The third-order valence-electron chi connectivity index (χ3n) is 8.22. The number of thiazole rings is 1. The Morgan fingerprint density at radius 3 is 2.45 bits per heavy atom. The van der Waals surface area contributed by atoms with E-state index >= 15 is 0 Å². The molecule has 1 unspecified atom stereocenters. The summed E-state index contributed by atoms with van der Waals surface area (Å²) in [5.74, 6) is 0.151. The normalized spacial score (nSPS) is 14.1. The molecule has 0 fully saturated rings.